The lowest BCUT2D eigenvalue weighted by molar-refractivity contribution is 0.0602. The van der Waals surface area contributed by atoms with Crippen molar-refractivity contribution >= 4 is 23.4 Å². The molecular formula is C18H23N5O3. The molecule has 0 radical (unpaired) electrons. The highest BCUT2D eigenvalue weighted by Gasteiger charge is 2.16. The van der Waals surface area contributed by atoms with E-state index in [9.17, 15) is 9.59 Å². The fourth-order valence-electron chi connectivity index (χ4n) is 2.25. The molecule has 2 N–H and O–H groups in total. The van der Waals surface area contributed by atoms with Crippen molar-refractivity contribution in [3.63, 3.8) is 0 Å². The number of nitrogens with one attached hydrogen (secondary N) is 2. The Morgan fingerprint density at radius 2 is 1.92 bits per heavy atom. The molecule has 2 aromatic rings. The molecule has 138 valence electrons. The van der Waals surface area contributed by atoms with Crippen LogP contribution in [0.4, 0.5) is 11.5 Å². The van der Waals surface area contributed by atoms with Gasteiger partial charge in [0.25, 0.3) is 5.91 Å². The van der Waals surface area contributed by atoms with Crippen molar-refractivity contribution in [3.05, 3.63) is 47.4 Å². The number of hydrogen-bond acceptors (Lipinski definition) is 7. The highest BCUT2D eigenvalue weighted by molar-refractivity contribution is 6.07. The molecule has 0 bridgehead atoms. The van der Waals surface area contributed by atoms with Crippen LogP contribution in [0.25, 0.3) is 0 Å². The molecule has 0 saturated carbocycles. The summed E-state index contributed by atoms with van der Waals surface area (Å²) >= 11 is 0. The number of esters is 1. The van der Waals surface area contributed by atoms with E-state index in [0.717, 1.165) is 6.54 Å². The van der Waals surface area contributed by atoms with Gasteiger partial charge >= 0.3 is 5.97 Å². The number of aromatic nitrogens is 2. The fourth-order valence-corrected chi connectivity index (χ4v) is 2.25. The number of benzene rings is 1. The number of nitrogens with zero attached hydrogens (tertiary/aromatic N) is 3. The summed E-state index contributed by atoms with van der Waals surface area (Å²) in [5, 5.41) is 5.87. The number of methoxy groups -OCH3 is 1. The molecule has 26 heavy (non-hydrogen) atoms. The second kappa shape index (κ2) is 8.91. The molecule has 0 unspecified atom stereocenters. The number of anilines is 2. The average molecular weight is 357 g/mol. The van der Waals surface area contributed by atoms with Crippen LogP contribution in [0.2, 0.25) is 0 Å². The summed E-state index contributed by atoms with van der Waals surface area (Å²) < 4.78 is 4.74. The van der Waals surface area contributed by atoms with E-state index in [2.05, 4.69) is 20.6 Å². The first-order valence-corrected chi connectivity index (χ1v) is 8.13. The van der Waals surface area contributed by atoms with Crippen LogP contribution in [0, 0.1) is 6.92 Å². The quantitative estimate of drug-likeness (QED) is 0.729. The summed E-state index contributed by atoms with van der Waals surface area (Å²) in [5.41, 5.74) is 0.853. The lowest BCUT2D eigenvalue weighted by Gasteiger charge is -2.12. The topological polar surface area (TPSA) is 96.4 Å². The van der Waals surface area contributed by atoms with Crippen molar-refractivity contribution in [2.24, 2.45) is 0 Å². The number of ether oxygens (including phenoxy) is 1. The number of para-hydroxylation sites is 1. The number of aryl methyl sites for hydroxylation is 1. The number of amides is 1. The van der Waals surface area contributed by atoms with E-state index in [1.807, 2.05) is 19.0 Å². The molecule has 8 heteroatoms. The molecule has 0 aliphatic carbocycles. The maximum absolute atomic E-state index is 12.6. The van der Waals surface area contributed by atoms with Gasteiger partial charge in [-0.15, -0.1) is 0 Å². The molecule has 1 aromatic heterocycles. The number of carbonyl (C=O) groups is 2. The highest BCUT2D eigenvalue weighted by atomic mass is 16.5. The van der Waals surface area contributed by atoms with Gasteiger partial charge in [-0.1, -0.05) is 12.1 Å². The average Bonchev–Trinajstić information content (AvgIpc) is 2.60. The Hall–Kier alpha value is -3.00. The Morgan fingerprint density at radius 3 is 2.62 bits per heavy atom. The maximum Gasteiger partial charge on any atom is 0.339 e. The second-order valence-corrected chi connectivity index (χ2v) is 5.91. The Balaban J connectivity index is 2.17. The third kappa shape index (κ3) is 5.25. The number of rotatable bonds is 7. The van der Waals surface area contributed by atoms with Gasteiger partial charge in [0.05, 0.1) is 18.4 Å². The largest absolute Gasteiger partial charge is 0.465 e. The Morgan fingerprint density at radius 1 is 1.19 bits per heavy atom. The minimum absolute atomic E-state index is 0.213. The monoisotopic (exact) mass is 357 g/mol. The zero-order chi connectivity index (χ0) is 19.1. The van der Waals surface area contributed by atoms with E-state index in [0.29, 0.717) is 23.9 Å². The van der Waals surface area contributed by atoms with Crippen molar-refractivity contribution in [2.75, 3.05) is 44.9 Å². The molecule has 0 fully saturated rings. The molecule has 1 aromatic carbocycles. The van der Waals surface area contributed by atoms with Crippen LogP contribution in [0.5, 0.6) is 0 Å². The van der Waals surface area contributed by atoms with Gasteiger partial charge in [0.15, 0.2) is 0 Å². The predicted molar refractivity (Wildman–Crippen MR) is 99.5 cm³/mol. The Kier molecular flexibility index (Phi) is 6.62. The summed E-state index contributed by atoms with van der Waals surface area (Å²) in [7, 11) is 5.25. The van der Waals surface area contributed by atoms with Crippen molar-refractivity contribution in [1.82, 2.24) is 14.9 Å². The summed E-state index contributed by atoms with van der Waals surface area (Å²) in [5.74, 6) is 0.102. The highest BCUT2D eigenvalue weighted by Crippen LogP contribution is 2.17. The van der Waals surface area contributed by atoms with Gasteiger partial charge in [-0.05, 0) is 33.2 Å². The van der Waals surface area contributed by atoms with E-state index in [4.69, 9.17) is 4.74 Å². The van der Waals surface area contributed by atoms with Crippen LogP contribution < -0.4 is 10.6 Å². The van der Waals surface area contributed by atoms with Gasteiger partial charge in [0, 0.05) is 19.2 Å². The first kappa shape index (κ1) is 19.3. The molecule has 0 aliphatic heterocycles. The van der Waals surface area contributed by atoms with Crippen LogP contribution in [-0.4, -0.2) is 61.0 Å². The first-order chi connectivity index (χ1) is 12.4. The molecule has 1 heterocycles. The van der Waals surface area contributed by atoms with E-state index >= 15 is 0 Å². The van der Waals surface area contributed by atoms with Crippen molar-refractivity contribution in [2.45, 2.75) is 6.92 Å². The molecule has 8 nitrogen and oxygen atoms in total. The van der Waals surface area contributed by atoms with Crippen molar-refractivity contribution in [1.29, 1.82) is 0 Å². The number of likely N-dealkylation sites (N-methyl/N-ethyl adjacent to an activating group) is 1. The molecule has 2 rings (SSSR count). The minimum atomic E-state index is -0.522. The van der Waals surface area contributed by atoms with Crippen LogP contribution in [0.1, 0.15) is 26.7 Å². The first-order valence-electron chi connectivity index (χ1n) is 8.13. The van der Waals surface area contributed by atoms with Gasteiger partial charge in [-0.3, -0.25) is 4.79 Å². The zero-order valence-corrected chi connectivity index (χ0v) is 15.4. The lowest BCUT2D eigenvalue weighted by Crippen LogP contribution is -2.22. The van der Waals surface area contributed by atoms with Crippen LogP contribution >= 0.6 is 0 Å². The third-order valence-corrected chi connectivity index (χ3v) is 3.52. The van der Waals surface area contributed by atoms with Crippen LogP contribution in [0.3, 0.4) is 0 Å². The van der Waals surface area contributed by atoms with E-state index in [-0.39, 0.29) is 11.3 Å². The molecular weight excluding hydrogens is 334 g/mol. The molecule has 0 atom stereocenters. The normalized spacial score (nSPS) is 10.5. The Bertz CT molecular complexity index is 792. The van der Waals surface area contributed by atoms with Crippen molar-refractivity contribution in [3.8, 4) is 0 Å². The Labute approximate surface area is 152 Å². The van der Waals surface area contributed by atoms with Gasteiger partial charge in [-0.25, -0.2) is 14.8 Å². The third-order valence-electron chi connectivity index (χ3n) is 3.52. The minimum Gasteiger partial charge on any atom is -0.465 e. The summed E-state index contributed by atoms with van der Waals surface area (Å²) in [6.45, 7) is 3.24. The zero-order valence-electron chi connectivity index (χ0n) is 15.4. The van der Waals surface area contributed by atoms with Gasteiger partial charge in [-0.2, -0.15) is 0 Å². The maximum atomic E-state index is 12.6. The molecule has 0 spiro atoms. The standard InChI is InChI=1S/C18H23N5O3/c1-12-20-15(11-16(21-12)19-9-10-23(2)3)17(24)22-14-8-6-5-7-13(14)18(25)26-4/h5-8,11H,9-10H2,1-4H3,(H,22,24)(H,19,20,21). The van der Waals surface area contributed by atoms with Gasteiger partial charge in [0.2, 0.25) is 0 Å². The predicted octanol–water partition coefficient (Wildman–Crippen LogP) is 1.80. The molecule has 1 amide bonds. The SMILES string of the molecule is COC(=O)c1ccccc1NC(=O)c1cc(NCCN(C)C)nc(C)n1. The van der Waals surface area contributed by atoms with E-state index < -0.39 is 11.9 Å². The molecule has 0 saturated heterocycles. The van der Waals surface area contributed by atoms with E-state index in [1.54, 1.807) is 37.3 Å². The number of carbonyl (C=O) groups excluding carboxylic acids is 2. The lowest BCUT2D eigenvalue weighted by atomic mass is 10.1. The van der Waals surface area contributed by atoms with Gasteiger partial charge in [0.1, 0.15) is 17.3 Å². The summed E-state index contributed by atoms with van der Waals surface area (Å²) in [4.78, 5) is 34.9. The number of hydrogen-bond donors (Lipinski definition) is 2. The van der Waals surface area contributed by atoms with Crippen LogP contribution in [-0.2, 0) is 4.74 Å². The van der Waals surface area contributed by atoms with Gasteiger partial charge < -0.3 is 20.3 Å². The fraction of sp³-hybridized carbons (Fsp3) is 0.333. The second-order valence-electron chi connectivity index (χ2n) is 5.91. The van der Waals surface area contributed by atoms with Crippen molar-refractivity contribution < 1.29 is 14.3 Å². The summed E-state index contributed by atoms with van der Waals surface area (Å²) in [6, 6.07) is 8.22. The van der Waals surface area contributed by atoms with Crippen LogP contribution in [0.15, 0.2) is 30.3 Å². The van der Waals surface area contributed by atoms with E-state index in [1.165, 1.54) is 7.11 Å². The summed E-state index contributed by atoms with van der Waals surface area (Å²) in [6.07, 6.45) is 0. The smallest absolute Gasteiger partial charge is 0.339 e. The molecule has 0 aliphatic rings.